The first-order valence-electron chi connectivity index (χ1n) is 6.69. The summed E-state index contributed by atoms with van der Waals surface area (Å²) in [5, 5.41) is 0.791. The van der Waals surface area contributed by atoms with E-state index in [1.54, 1.807) is 16.7 Å². The fourth-order valence-electron chi connectivity index (χ4n) is 1.79. The largest absolute Gasteiger partial charge is 0.382 e. The molecule has 7 heteroatoms. The Labute approximate surface area is 129 Å². The Bertz CT molecular complexity index is 450. The van der Waals surface area contributed by atoms with E-state index in [0.29, 0.717) is 10.7 Å². The molecule has 20 heavy (non-hydrogen) atoms. The van der Waals surface area contributed by atoms with E-state index in [9.17, 15) is 4.79 Å². The van der Waals surface area contributed by atoms with Crippen LogP contribution in [0.25, 0.3) is 0 Å². The first-order valence-corrected chi connectivity index (χ1v) is 8.90. The molecule has 0 spiro atoms. The lowest BCUT2D eigenvalue weighted by molar-refractivity contribution is 0.0749. The standard InChI is InChI=1S/C13H24N4OS2/c1-6-9(8-19-5)17(4)12(18)10-11(14)15-13(20-10)16(3)7-2/h9H,6-8,14H2,1-5H3. The number of amides is 1. The summed E-state index contributed by atoms with van der Waals surface area (Å²) < 4.78 is 0. The van der Waals surface area contributed by atoms with Gasteiger partial charge in [0.05, 0.1) is 0 Å². The molecule has 2 N–H and O–H groups in total. The van der Waals surface area contributed by atoms with Gasteiger partial charge in [-0.1, -0.05) is 18.3 Å². The molecular weight excluding hydrogens is 292 g/mol. The number of thiazole rings is 1. The Morgan fingerprint density at radius 1 is 1.45 bits per heavy atom. The fourth-order valence-corrected chi connectivity index (χ4v) is 3.63. The van der Waals surface area contributed by atoms with Crippen molar-refractivity contribution >= 4 is 40.0 Å². The van der Waals surface area contributed by atoms with Gasteiger partial charge in [-0.15, -0.1) is 0 Å². The molecule has 1 aromatic rings. The molecule has 1 aromatic heterocycles. The maximum Gasteiger partial charge on any atom is 0.267 e. The number of nitrogens with zero attached hydrogens (tertiary/aromatic N) is 3. The fraction of sp³-hybridized carbons (Fsp3) is 0.692. The normalized spacial score (nSPS) is 12.2. The lowest BCUT2D eigenvalue weighted by Gasteiger charge is -2.26. The number of aromatic nitrogens is 1. The zero-order valence-electron chi connectivity index (χ0n) is 12.8. The molecule has 0 aliphatic carbocycles. The van der Waals surface area contributed by atoms with Crippen LogP contribution in [-0.2, 0) is 0 Å². The van der Waals surface area contributed by atoms with Crippen LogP contribution in [0.1, 0.15) is 29.9 Å². The summed E-state index contributed by atoms with van der Waals surface area (Å²) in [5.41, 5.74) is 5.91. The van der Waals surface area contributed by atoms with Gasteiger partial charge in [-0.2, -0.15) is 11.8 Å². The van der Waals surface area contributed by atoms with Crippen LogP contribution in [0.5, 0.6) is 0 Å². The minimum absolute atomic E-state index is 0.0309. The molecular formula is C13H24N4OS2. The molecule has 0 aliphatic rings. The van der Waals surface area contributed by atoms with E-state index in [4.69, 9.17) is 5.73 Å². The monoisotopic (exact) mass is 316 g/mol. The van der Waals surface area contributed by atoms with Crippen LogP contribution in [0.15, 0.2) is 0 Å². The van der Waals surface area contributed by atoms with E-state index in [2.05, 4.69) is 18.2 Å². The second-order valence-corrected chi connectivity index (χ2v) is 6.55. The number of nitrogens with two attached hydrogens (primary N) is 1. The van der Waals surface area contributed by atoms with Gasteiger partial charge in [0, 0.05) is 32.4 Å². The highest BCUT2D eigenvalue weighted by molar-refractivity contribution is 7.98. The molecule has 1 amide bonds. The number of rotatable bonds is 7. The van der Waals surface area contributed by atoms with Crippen molar-refractivity contribution in [1.82, 2.24) is 9.88 Å². The van der Waals surface area contributed by atoms with Crippen LogP contribution in [0.2, 0.25) is 0 Å². The molecule has 114 valence electrons. The highest BCUT2D eigenvalue weighted by Crippen LogP contribution is 2.29. The van der Waals surface area contributed by atoms with Crippen molar-refractivity contribution in [2.75, 3.05) is 43.3 Å². The van der Waals surface area contributed by atoms with Crippen molar-refractivity contribution in [2.24, 2.45) is 0 Å². The van der Waals surface area contributed by atoms with Gasteiger partial charge in [0.2, 0.25) is 0 Å². The third-order valence-electron chi connectivity index (χ3n) is 3.34. The van der Waals surface area contributed by atoms with Gasteiger partial charge in [-0.25, -0.2) is 4.98 Å². The van der Waals surface area contributed by atoms with Gasteiger partial charge < -0.3 is 15.5 Å². The summed E-state index contributed by atoms with van der Waals surface area (Å²) in [5.74, 6) is 1.23. The maximum atomic E-state index is 12.6. The Balaban J connectivity index is 2.93. The molecule has 0 bridgehead atoms. The summed E-state index contributed by atoms with van der Waals surface area (Å²) in [7, 11) is 3.79. The van der Waals surface area contributed by atoms with Crippen LogP contribution >= 0.6 is 23.1 Å². The molecule has 1 rings (SSSR count). The summed E-state index contributed by atoms with van der Waals surface area (Å²) in [6.07, 6.45) is 2.99. The summed E-state index contributed by atoms with van der Waals surface area (Å²) >= 11 is 3.11. The maximum absolute atomic E-state index is 12.6. The number of carbonyl (C=O) groups excluding carboxylic acids is 1. The van der Waals surface area contributed by atoms with Crippen molar-refractivity contribution in [2.45, 2.75) is 26.3 Å². The summed E-state index contributed by atoms with van der Waals surface area (Å²) in [6.45, 7) is 4.97. The number of anilines is 2. The van der Waals surface area contributed by atoms with Gasteiger partial charge in [-0.3, -0.25) is 4.79 Å². The minimum Gasteiger partial charge on any atom is -0.382 e. The van der Waals surface area contributed by atoms with Crippen LogP contribution < -0.4 is 10.6 Å². The van der Waals surface area contributed by atoms with E-state index >= 15 is 0 Å². The number of hydrogen-bond acceptors (Lipinski definition) is 6. The number of thioether (sulfide) groups is 1. The van der Waals surface area contributed by atoms with Gasteiger partial charge in [0.1, 0.15) is 10.7 Å². The third-order valence-corrected chi connectivity index (χ3v) is 5.23. The van der Waals surface area contributed by atoms with Crippen LogP contribution in [0.3, 0.4) is 0 Å². The SMILES string of the molecule is CCC(CSC)N(C)C(=O)c1sc(N(C)CC)nc1N. The van der Waals surface area contributed by atoms with Gasteiger partial charge in [0.15, 0.2) is 5.13 Å². The molecule has 0 saturated heterocycles. The molecule has 5 nitrogen and oxygen atoms in total. The molecule has 0 aliphatic heterocycles. The second-order valence-electron chi connectivity index (χ2n) is 4.66. The van der Waals surface area contributed by atoms with Crippen molar-refractivity contribution < 1.29 is 4.79 Å². The van der Waals surface area contributed by atoms with Gasteiger partial charge in [-0.05, 0) is 19.6 Å². The van der Waals surface area contributed by atoms with E-state index in [0.717, 1.165) is 23.8 Å². The Hall–Kier alpha value is -0.950. The molecule has 1 atom stereocenters. The average Bonchev–Trinajstić information content (AvgIpc) is 2.84. The quantitative estimate of drug-likeness (QED) is 0.837. The van der Waals surface area contributed by atoms with Crippen molar-refractivity contribution in [3.8, 4) is 0 Å². The van der Waals surface area contributed by atoms with Gasteiger partial charge >= 0.3 is 0 Å². The highest BCUT2D eigenvalue weighted by atomic mass is 32.2. The Kier molecular flexibility index (Phi) is 6.61. The summed E-state index contributed by atoms with van der Waals surface area (Å²) in [4.78, 5) is 21.2. The third kappa shape index (κ3) is 3.79. The lowest BCUT2D eigenvalue weighted by Crippen LogP contribution is -2.38. The second kappa shape index (κ2) is 7.73. The van der Waals surface area contributed by atoms with Crippen molar-refractivity contribution in [3.63, 3.8) is 0 Å². The summed E-state index contributed by atoms with van der Waals surface area (Å²) in [6, 6.07) is 0.228. The molecule has 0 fully saturated rings. The first-order chi connectivity index (χ1) is 9.46. The van der Waals surface area contributed by atoms with Crippen LogP contribution in [0.4, 0.5) is 10.9 Å². The number of carbonyl (C=O) groups is 1. The first kappa shape index (κ1) is 17.1. The molecule has 0 aromatic carbocycles. The van der Waals surface area contributed by atoms with Gasteiger partial charge in [0.25, 0.3) is 5.91 Å². The number of hydrogen-bond donors (Lipinski definition) is 1. The van der Waals surface area contributed by atoms with E-state index in [-0.39, 0.29) is 11.9 Å². The Morgan fingerprint density at radius 3 is 2.60 bits per heavy atom. The zero-order chi connectivity index (χ0) is 15.3. The zero-order valence-corrected chi connectivity index (χ0v) is 14.5. The predicted octanol–water partition coefficient (Wildman–Crippen LogP) is 2.40. The molecule has 1 heterocycles. The lowest BCUT2D eigenvalue weighted by atomic mass is 10.2. The molecule has 0 radical (unpaired) electrons. The number of nitrogen functional groups attached to an aromatic ring is 1. The molecule has 1 unspecified atom stereocenters. The van der Waals surface area contributed by atoms with Crippen molar-refractivity contribution in [1.29, 1.82) is 0 Å². The average molecular weight is 316 g/mol. The van der Waals surface area contributed by atoms with E-state index in [1.807, 2.05) is 25.9 Å². The van der Waals surface area contributed by atoms with E-state index < -0.39 is 0 Å². The Morgan fingerprint density at radius 2 is 2.10 bits per heavy atom. The van der Waals surface area contributed by atoms with E-state index in [1.165, 1.54) is 11.3 Å². The minimum atomic E-state index is -0.0309. The smallest absolute Gasteiger partial charge is 0.267 e. The highest BCUT2D eigenvalue weighted by Gasteiger charge is 2.24. The topological polar surface area (TPSA) is 62.5 Å². The van der Waals surface area contributed by atoms with Crippen LogP contribution in [0, 0.1) is 0 Å². The van der Waals surface area contributed by atoms with Crippen molar-refractivity contribution in [3.05, 3.63) is 4.88 Å². The predicted molar refractivity (Wildman–Crippen MR) is 90.0 cm³/mol. The molecule has 0 saturated carbocycles. The van der Waals surface area contributed by atoms with Crippen LogP contribution in [-0.4, -0.2) is 54.5 Å².